The average molecular weight is 313 g/mol. The minimum atomic E-state index is -0.123. The zero-order valence-electron chi connectivity index (χ0n) is 10.6. The Morgan fingerprint density at radius 1 is 1.33 bits per heavy atom. The van der Waals surface area contributed by atoms with E-state index >= 15 is 0 Å². The van der Waals surface area contributed by atoms with Gasteiger partial charge in [-0.1, -0.05) is 6.07 Å². The maximum atomic E-state index is 14.1. The molecule has 0 bridgehead atoms. The second-order valence-corrected chi connectivity index (χ2v) is 6.22. The van der Waals surface area contributed by atoms with Gasteiger partial charge in [0.2, 0.25) is 0 Å². The molecule has 0 amide bonds. The third-order valence-corrected chi connectivity index (χ3v) is 4.80. The summed E-state index contributed by atoms with van der Waals surface area (Å²) < 4.78 is 14.9. The molecule has 2 fully saturated rings. The van der Waals surface area contributed by atoms with Gasteiger partial charge in [0, 0.05) is 29.6 Å². The first-order valence-electron chi connectivity index (χ1n) is 6.61. The highest BCUT2D eigenvalue weighted by molar-refractivity contribution is 9.10. The van der Waals surface area contributed by atoms with Crippen LogP contribution in [0.25, 0.3) is 0 Å². The topological polar surface area (TPSA) is 6.48 Å². The van der Waals surface area contributed by atoms with Crippen molar-refractivity contribution in [2.75, 3.05) is 24.5 Å². The Morgan fingerprint density at radius 2 is 2.17 bits per heavy atom. The molecule has 2 heterocycles. The Balaban J connectivity index is 1.91. The van der Waals surface area contributed by atoms with Gasteiger partial charge in [0.15, 0.2) is 0 Å². The molecule has 0 aromatic heterocycles. The van der Waals surface area contributed by atoms with Crippen molar-refractivity contribution in [1.82, 2.24) is 4.90 Å². The lowest BCUT2D eigenvalue weighted by Gasteiger charge is -2.44. The molecule has 3 rings (SSSR count). The fourth-order valence-electron chi connectivity index (χ4n) is 3.26. The van der Waals surface area contributed by atoms with Crippen molar-refractivity contribution in [3.63, 3.8) is 0 Å². The molecule has 2 nitrogen and oxygen atoms in total. The number of benzene rings is 1. The Bertz CT molecular complexity index is 431. The smallest absolute Gasteiger partial charge is 0.147 e. The Labute approximate surface area is 116 Å². The molecule has 0 N–H and O–H groups in total. The Kier molecular flexibility index (Phi) is 3.32. The van der Waals surface area contributed by atoms with E-state index in [4.69, 9.17) is 0 Å². The summed E-state index contributed by atoms with van der Waals surface area (Å²) >= 11 is 3.49. The summed E-state index contributed by atoms with van der Waals surface area (Å²) in [6.07, 6.45) is 2.53. The summed E-state index contributed by atoms with van der Waals surface area (Å²) in [5, 5.41) is 0. The van der Waals surface area contributed by atoms with Crippen LogP contribution in [-0.4, -0.2) is 36.6 Å². The van der Waals surface area contributed by atoms with Crippen LogP contribution in [0.3, 0.4) is 0 Å². The van der Waals surface area contributed by atoms with E-state index in [2.05, 4.69) is 32.7 Å². The highest BCUT2D eigenvalue weighted by Crippen LogP contribution is 2.34. The molecule has 1 aromatic rings. The number of fused-ring (bicyclic) bond motifs is 1. The summed E-state index contributed by atoms with van der Waals surface area (Å²) in [6, 6.07) is 6.19. The Hall–Kier alpha value is -0.610. The van der Waals surface area contributed by atoms with Crippen molar-refractivity contribution in [2.45, 2.75) is 31.8 Å². The number of piperazine rings is 1. The summed E-state index contributed by atoms with van der Waals surface area (Å²) in [5.74, 6) is -0.123. The van der Waals surface area contributed by atoms with Crippen LogP contribution in [0.1, 0.15) is 19.8 Å². The van der Waals surface area contributed by atoms with Gasteiger partial charge in [0.05, 0.1) is 5.69 Å². The zero-order chi connectivity index (χ0) is 12.7. The van der Waals surface area contributed by atoms with Gasteiger partial charge in [-0.15, -0.1) is 0 Å². The minimum Gasteiger partial charge on any atom is -0.363 e. The van der Waals surface area contributed by atoms with Gasteiger partial charge in [0.25, 0.3) is 0 Å². The van der Waals surface area contributed by atoms with E-state index < -0.39 is 0 Å². The standard InChI is InChI=1S/C14H18BrFN2/c1-10-8-17-7-3-4-11(17)9-18(10)14-12(15)5-2-6-13(14)16/h2,5-6,10-11H,3-4,7-9H2,1H3. The fraction of sp³-hybridized carbons (Fsp3) is 0.571. The number of nitrogens with zero attached hydrogens (tertiary/aromatic N) is 2. The molecule has 0 radical (unpaired) electrons. The van der Waals surface area contributed by atoms with Crippen molar-refractivity contribution < 1.29 is 4.39 Å². The molecule has 2 saturated heterocycles. The van der Waals surface area contributed by atoms with Gasteiger partial charge in [-0.2, -0.15) is 0 Å². The first kappa shape index (κ1) is 12.4. The van der Waals surface area contributed by atoms with E-state index in [1.54, 1.807) is 12.1 Å². The molecule has 2 aliphatic heterocycles. The Morgan fingerprint density at radius 3 is 2.94 bits per heavy atom. The lowest BCUT2D eigenvalue weighted by molar-refractivity contribution is 0.202. The van der Waals surface area contributed by atoms with Crippen molar-refractivity contribution in [3.8, 4) is 0 Å². The summed E-state index contributed by atoms with van der Waals surface area (Å²) in [7, 11) is 0. The zero-order valence-corrected chi connectivity index (χ0v) is 12.2. The molecular formula is C14H18BrFN2. The van der Waals surface area contributed by atoms with Gasteiger partial charge in [-0.05, 0) is 54.4 Å². The monoisotopic (exact) mass is 312 g/mol. The maximum Gasteiger partial charge on any atom is 0.147 e. The van der Waals surface area contributed by atoms with E-state index in [1.807, 2.05) is 6.07 Å². The highest BCUT2D eigenvalue weighted by atomic mass is 79.9. The molecule has 18 heavy (non-hydrogen) atoms. The predicted octanol–water partition coefficient (Wildman–Crippen LogP) is 3.26. The molecule has 1 aromatic carbocycles. The molecule has 0 saturated carbocycles. The first-order chi connectivity index (χ1) is 8.66. The molecular weight excluding hydrogens is 295 g/mol. The van der Waals surface area contributed by atoms with Crippen LogP contribution in [0.15, 0.2) is 22.7 Å². The van der Waals surface area contributed by atoms with E-state index in [9.17, 15) is 4.39 Å². The van der Waals surface area contributed by atoms with E-state index in [0.29, 0.717) is 12.1 Å². The number of para-hydroxylation sites is 1. The van der Waals surface area contributed by atoms with Crippen LogP contribution in [-0.2, 0) is 0 Å². The molecule has 4 heteroatoms. The highest BCUT2D eigenvalue weighted by Gasteiger charge is 2.35. The predicted molar refractivity (Wildman–Crippen MR) is 75.5 cm³/mol. The van der Waals surface area contributed by atoms with Crippen LogP contribution < -0.4 is 4.90 Å². The lowest BCUT2D eigenvalue weighted by atomic mass is 10.1. The number of anilines is 1. The minimum absolute atomic E-state index is 0.123. The number of halogens is 2. The van der Waals surface area contributed by atoms with Gasteiger partial charge in [-0.3, -0.25) is 4.90 Å². The first-order valence-corrected chi connectivity index (χ1v) is 7.41. The molecule has 2 aliphatic rings. The molecule has 0 spiro atoms. The van der Waals surface area contributed by atoms with Crippen LogP contribution in [0, 0.1) is 5.82 Å². The van der Waals surface area contributed by atoms with Crippen molar-refractivity contribution >= 4 is 21.6 Å². The summed E-state index contributed by atoms with van der Waals surface area (Å²) in [5.41, 5.74) is 0.733. The van der Waals surface area contributed by atoms with E-state index in [1.165, 1.54) is 19.4 Å². The van der Waals surface area contributed by atoms with Gasteiger partial charge >= 0.3 is 0 Å². The normalized spacial score (nSPS) is 28.5. The van der Waals surface area contributed by atoms with Crippen molar-refractivity contribution in [2.24, 2.45) is 0 Å². The van der Waals surface area contributed by atoms with Crippen LogP contribution in [0.5, 0.6) is 0 Å². The van der Waals surface area contributed by atoms with Gasteiger partial charge < -0.3 is 4.90 Å². The van der Waals surface area contributed by atoms with E-state index in [0.717, 1.165) is 23.2 Å². The van der Waals surface area contributed by atoms with E-state index in [-0.39, 0.29) is 5.82 Å². The van der Waals surface area contributed by atoms with Crippen LogP contribution in [0.4, 0.5) is 10.1 Å². The lowest BCUT2D eigenvalue weighted by Crippen LogP contribution is -2.55. The molecule has 98 valence electrons. The van der Waals surface area contributed by atoms with Gasteiger partial charge in [-0.25, -0.2) is 4.39 Å². The van der Waals surface area contributed by atoms with Crippen LogP contribution >= 0.6 is 15.9 Å². The molecule has 2 unspecified atom stereocenters. The number of hydrogen-bond acceptors (Lipinski definition) is 2. The average Bonchev–Trinajstić information content (AvgIpc) is 2.76. The molecule has 2 atom stereocenters. The summed E-state index contributed by atoms with van der Waals surface area (Å²) in [4.78, 5) is 4.78. The third-order valence-electron chi connectivity index (χ3n) is 4.16. The third kappa shape index (κ3) is 2.05. The summed E-state index contributed by atoms with van der Waals surface area (Å²) in [6.45, 7) is 5.39. The van der Waals surface area contributed by atoms with Crippen molar-refractivity contribution in [1.29, 1.82) is 0 Å². The fourth-order valence-corrected chi connectivity index (χ4v) is 3.83. The number of rotatable bonds is 1. The maximum absolute atomic E-state index is 14.1. The largest absolute Gasteiger partial charge is 0.363 e. The number of hydrogen-bond donors (Lipinski definition) is 0. The van der Waals surface area contributed by atoms with Gasteiger partial charge in [0.1, 0.15) is 5.82 Å². The van der Waals surface area contributed by atoms with Crippen molar-refractivity contribution in [3.05, 3.63) is 28.5 Å². The second-order valence-electron chi connectivity index (χ2n) is 5.36. The second kappa shape index (κ2) is 4.82. The molecule has 0 aliphatic carbocycles. The van der Waals surface area contributed by atoms with Crippen LogP contribution in [0.2, 0.25) is 0 Å². The quantitative estimate of drug-likeness (QED) is 0.785. The SMILES string of the molecule is CC1CN2CCCC2CN1c1c(F)cccc1Br.